The normalized spacial score (nSPS) is 23.2. The highest BCUT2D eigenvalue weighted by Crippen LogP contribution is 2.04. The van der Waals surface area contributed by atoms with Gasteiger partial charge in [-0.05, 0) is 6.42 Å². The van der Waals surface area contributed by atoms with Gasteiger partial charge in [-0.15, -0.1) is 0 Å². The van der Waals surface area contributed by atoms with Crippen LogP contribution in [0, 0.1) is 0 Å². The number of aromatic nitrogens is 1. The largest absolute Gasteiger partial charge is 0.380 e. The second-order valence-electron chi connectivity index (χ2n) is 2.92. The van der Waals surface area contributed by atoms with Crippen LogP contribution in [0.1, 0.15) is 12.2 Å². The topological polar surface area (TPSA) is 47.3 Å². The lowest BCUT2D eigenvalue weighted by molar-refractivity contribution is 0.189. The van der Waals surface area contributed by atoms with Crippen molar-refractivity contribution in [3.8, 4) is 0 Å². The molecule has 4 nitrogen and oxygen atoms in total. The summed E-state index contributed by atoms with van der Waals surface area (Å²) in [5.74, 6) is 0.877. The molecule has 0 aromatic carbocycles. The summed E-state index contributed by atoms with van der Waals surface area (Å²) < 4.78 is 10.2. The molecule has 2 rings (SSSR count). The average Bonchev–Trinajstić information content (AvgIpc) is 2.74. The molecule has 1 fully saturated rings. The Morgan fingerprint density at radius 3 is 3.33 bits per heavy atom. The van der Waals surface area contributed by atoms with Gasteiger partial charge >= 0.3 is 0 Å². The fourth-order valence-electron chi connectivity index (χ4n) is 1.27. The fourth-order valence-corrected chi connectivity index (χ4v) is 1.27. The molecule has 66 valence electrons. The molecule has 1 aliphatic rings. The van der Waals surface area contributed by atoms with E-state index >= 15 is 0 Å². The van der Waals surface area contributed by atoms with Crippen LogP contribution < -0.4 is 5.32 Å². The average molecular weight is 168 g/mol. The van der Waals surface area contributed by atoms with Crippen molar-refractivity contribution in [2.45, 2.75) is 19.0 Å². The van der Waals surface area contributed by atoms with Crippen LogP contribution in [0.3, 0.4) is 0 Å². The van der Waals surface area contributed by atoms with Gasteiger partial charge in [0, 0.05) is 18.7 Å². The van der Waals surface area contributed by atoms with Crippen LogP contribution in [-0.2, 0) is 11.3 Å². The maximum absolute atomic E-state index is 5.22. The molecular weight excluding hydrogens is 156 g/mol. The minimum Gasteiger partial charge on any atom is -0.380 e. The van der Waals surface area contributed by atoms with E-state index in [1.165, 1.54) is 0 Å². The number of nitrogens with one attached hydrogen (secondary N) is 1. The van der Waals surface area contributed by atoms with Crippen molar-refractivity contribution in [2.24, 2.45) is 0 Å². The lowest BCUT2D eigenvalue weighted by Crippen LogP contribution is -2.28. The Kier molecular flexibility index (Phi) is 2.39. The third-order valence-electron chi connectivity index (χ3n) is 1.99. The molecule has 1 N–H and O–H groups in total. The molecule has 0 amide bonds. The SMILES string of the molecule is c1cc(CNC2CCOC2)on1. The standard InChI is InChI=1S/C8H12N2O2/c1-3-10-12-8(1)5-9-7-2-4-11-6-7/h1,3,7,9H,2,4-6H2. The monoisotopic (exact) mass is 168 g/mol. The highest BCUT2D eigenvalue weighted by atomic mass is 16.5. The zero-order chi connectivity index (χ0) is 8.23. The van der Waals surface area contributed by atoms with Crippen molar-refractivity contribution in [3.05, 3.63) is 18.0 Å². The quantitative estimate of drug-likeness (QED) is 0.716. The predicted octanol–water partition coefficient (Wildman–Crippen LogP) is 0.553. The van der Waals surface area contributed by atoms with Crippen LogP contribution in [0.25, 0.3) is 0 Å². The first kappa shape index (κ1) is 7.76. The van der Waals surface area contributed by atoms with E-state index in [-0.39, 0.29) is 0 Å². The molecule has 1 aliphatic heterocycles. The first-order chi connectivity index (χ1) is 5.95. The molecular formula is C8H12N2O2. The number of hydrogen-bond donors (Lipinski definition) is 1. The number of nitrogens with zero attached hydrogens (tertiary/aromatic N) is 1. The molecule has 4 heteroatoms. The molecule has 12 heavy (non-hydrogen) atoms. The third-order valence-corrected chi connectivity index (χ3v) is 1.99. The Balaban J connectivity index is 1.74. The van der Waals surface area contributed by atoms with Crippen LogP contribution in [0.4, 0.5) is 0 Å². The molecule has 1 saturated heterocycles. The van der Waals surface area contributed by atoms with Crippen molar-refractivity contribution in [2.75, 3.05) is 13.2 Å². The van der Waals surface area contributed by atoms with Crippen LogP contribution in [0.15, 0.2) is 16.8 Å². The summed E-state index contributed by atoms with van der Waals surface area (Å²) in [7, 11) is 0. The van der Waals surface area contributed by atoms with Crippen LogP contribution in [0.2, 0.25) is 0 Å². The maximum Gasteiger partial charge on any atom is 0.150 e. The molecule has 0 radical (unpaired) electrons. The van der Waals surface area contributed by atoms with Crippen molar-refractivity contribution >= 4 is 0 Å². The molecule has 1 unspecified atom stereocenters. The first-order valence-electron chi connectivity index (χ1n) is 4.16. The highest BCUT2D eigenvalue weighted by molar-refractivity contribution is 4.92. The van der Waals surface area contributed by atoms with E-state index in [1.54, 1.807) is 6.20 Å². The Morgan fingerprint density at radius 1 is 1.67 bits per heavy atom. The van der Waals surface area contributed by atoms with Crippen molar-refractivity contribution in [1.29, 1.82) is 0 Å². The van der Waals surface area contributed by atoms with Gasteiger partial charge in [-0.1, -0.05) is 5.16 Å². The summed E-state index contributed by atoms with van der Waals surface area (Å²) in [6, 6.07) is 2.35. The van der Waals surface area contributed by atoms with Gasteiger partial charge in [-0.3, -0.25) is 0 Å². The van der Waals surface area contributed by atoms with Crippen molar-refractivity contribution in [3.63, 3.8) is 0 Å². The molecule has 0 aliphatic carbocycles. The van der Waals surface area contributed by atoms with Crippen LogP contribution in [-0.4, -0.2) is 24.4 Å². The van der Waals surface area contributed by atoms with Crippen LogP contribution >= 0.6 is 0 Å². The lowest BCUT2D eigenvalue weighted by Gasteiger charge is -2.07. The second-order valence-corrected chi connectivity index (χ2v) is 2.92. The Hall–Kier alpha value is -0.870. The van der Waals surface area contributed by atoms with Gasteiger partial charge in [-0.2, -0.15) is 0 Å². The Labute approximate surface area is 70.9 Å². The molecule has 0 spiro atoms. The third kappa shape index (κ3) is 1.84. The van der Waals surface area contributed by atoms with E-state index in [0.717, 1.165) is 31.9 Å². The van der Waals surface area contributed by atoms with Crippen molar-refractivity contribution in [1.82, 2.24) is 10.5 Å². The van der Waals surface area contributed by atoms with E-state index in [9.17, 15) is 0 Å². The number of ether oxygens (including phenoxy) is 1. The molecule has 0 bridgehead atoms. The summed E-state index contributed by atoms with van der Waals surface area (Å²) in [5.41, 5.74) is 0. The Bertz CT molecular complexity index is 217. The molecule has 1 aromatic heterocycles. The molecule has 1 aromatic rings. The fraction of sp³-hybridized carbons (Fsp3) is 0.625. The zero-order valence-electron chi connectivity index (χ0n) is 6.82. The van der Waals surface area contributed by atoms with Gasteiger partial charge in [-0.25, -0.2) is 0 Å². The summed E-state index contributed by atoms with van der Waals surface area (Å²) >= 11 is 0. The molecule has 0 saturated carbocycles. The van der Waals surface area contributed by atoms with E-state index in [1.807, 2.05) is 6.07 Å². The number of rotatable bonds is 3. The molecule has 1 atom stereocenters. The van der Waals surface area contributed by atoms with E-state index < -0.39 is 0 Å². The van der Waals surface area contributed by atoms with Gasteiger partial charge < -0.3 is 14.6 Å². The van der Waals surface area contributed by atoms with Crippen molar-refractivity contribution < 1.29 is 9.26 Å². The highest BCUT2D eigenvalue weighted by Gasteiger charge is 2.14. The van der Waals surface area contributed by atoms with E-state index in [0.29, 0.717) is 6.04 Å². The van der Waals surface area contributed by atoms with Gasteiger partial charge in [0.1, 0.15) is 5.76 Å². The maximum atomic E-state index is 5.22. The van der Waals surface area contributed by atoms with Gasteiger partial charge in [0.05, 0.1) is 19.3 Å². The molecule has 2 heterocycles. The smallest absolute Gasteiger partial charge is 0.150 e. The van der Waals surface area contributed by atoms with E-state index in [2.05, 4.69) is 10.5 Å². The Morgan fingerprint density at radius 2 is 2.67 bits per heavy atom. The summed E-state index contributed by atoms with van der Waals surface area (Å²) in [4.78, 5) is 0. The summed E-state index contributed by atoms with van der Waals surface area (Å²) in [5, 5.41) is 6.95. The van der Waals surface area contributed by atoms with Gasteiger partial charge in [0.2, 0.25) is 0 Å². The predicted molar refractivity (Wildman–Crippen MR) is 42.6 cm³/mol. The lowest BCUT2D eigenvalue weighted by atomic mass is 10.2. The first-order valence-corrected chi connectivity index (χ1v) is 4.16. The zero-order valence-corrected chi connectivity index (χ0v) is 6.82. The van der Waals surface area contributed by atoms with Gasteiger partial charge in [0.15, 0.2) is 0 Å². The minimum atomic E-state index is 0.482. The van der Waals surface area contributed by atoms with Gasteiger partial charge in [0.25, 0.3) is 0 Å². The summed E-state index contributed by atoms with van der Waals surface area (Å²) in [6.45, 7) is 2.43. The number of hydrogen-bond acceptors (Lipinski definition) is 4. The minimum absolute atomic E-state index is 0.482. The summed E-state index contributed by atoms with van der Waals surface area (Å²) in [6.07, 6.45) is 2.75. The van der Waals surface area contributed by atoms with Crippen LogP contribution in [0.5, 0.6) is 0 Å². The second kappa shape index (κ2) is 3.69. The van der Waals surface area contributed by atoms with E-state index in [4.69, 9.17) is 9.26 Å².